The van der Waals surface area contributed by atoms with Gasteiger partial charge in [0, 0.05) is 12.2 Å². The molecule has 1 saturated heterocycles. The van der Waals surface area contributed by atoms with E-state index in [9.17, 15) is 4.79 Å². The van der Waals surface area contributed by atoms with Gasteiger partial charge in [-0.1, -0.05) is 48.2 Å². The van der Waals surface area contributed by atoms with E-state index in [1.54, 1.807) is 23.6 Å². The molecule has 0 radical (unpaired) electrons. The third-order valence-electron chi connectivity index (χ3n) is 3.21. The van der Waals surface area contributed by atoms with Crippen molar-refractivity contribution in [2.75, 3.05) is 0 Å². The molecule has 1 aromatic carbocycles. The summed E-state index contributed by atoms with van der Waals surface area (Å²) in [6.07, 6.45) is 1.02. The van der Waals surface area contributed by atoms with Gasteiger partial charge in [-0.25, -0.2) is 0 Å². The number of nitrogens with zero attached hydrogens (tertiary/aromatic N) is 1. The van der Waals surface area contributed by atoms with Gasteiger partial charge in [-0.2, -0.15) is 0 Å². The molecule has 1 aliphatic heterocycles. The van der Waals surface area contributed by atoms with Crippen molar-refractivity contribution in [3.05, 3.63) is 35.4 Å². The Hall–Kier alpha value is -0.870. The first-order valence-electron chi connectivity index (χ1n) is 5.26. The summed E-state index contributed by atoms with van der Waals surface area (Å²) in [6.45, 7) is 1.59. The molecule has 1 fully saturated rings. The van der Waals surface area contributed by atoms with Crippen LogP contribution in [0.3, 0.4) is 0 Å². The summed E-state index contributed by atoms with van der Waals surface area (Å²) in [5.74, 6) is 0.0571. The fraction of sp³-hybridized carbons (Fsp3) is 0.333. The number of benzene rings is 1. The highest BCUT2D eigenvalue weighted by Crippen LogP contribution is 2.49. The molecule has 1 aromatic rings. The third kappa shape index (κ3) is 1.33. The molecule has 0 spiro atoms. The first-order chi connectivity index (χ1) is 7.68. The molecule has 0 aromatic heterocycles. The molecule has 1 heterocycles. The van der Waals surface area contributed by atoms with Gasteiger partial charge in [-0.15, -0.1) is 0 Å². The Bertz CT molecular complexity index is 486. The van der Waals surface area contributed by atoms with E-state index < -0.39 is 0 Å². The Balaban J connectivity index is 2.08. The SMILES string of the molecule is CC(=O)N1C(=S)SC2Cc3ccccc3C21. The second kappa shape index (κ2) is 3.57. The van der Waals surface area contributed by atoms with Gasteiger partial charge in [0.25, 0.3) is 0 Å². The van der Waals surface area contributed by atoms with Gasteiger partial charge in [-0.05, 0) is 17.5 Å². The van der Waals surface area contributed by atoms with Gasteiger partial charge < -0.3 is 0 Å². The van der Waals surface area contributed by atoms with Crippen molar-refractivity contribution in [1.82, 2.24) is 4.90 Å². The van der Waals surface area contributed by atoms with Crippen LogP contribution in [0.2, 0.25) is 0 Å². The highest BCUT2D eigenvalue weighted by Gasteiger charge is 2.45. The van der Waals surface area contributed by atoms with E-state index in [2.05, 4.69) is 18.2 Å². The molecule has 0 N–H and O–H groups in total. The molecule has 1 amide bonds. The Morgan fingerprint density at radius 3 is 3.00 bits per heavy atom. The summed E-state index contributed by atoms with van der Waals surface area (Å²) in [5.41, 5.74) is 2.63. The lowest BCUT2D eigenvalue weighted by Crippen LogP contribution is -2.31. The van der Waals surface area contributed by atoms with E-state index in [1.807, 2.05) is 6.07 Å². The normalized spacial score (nSPS) is 26.8. The maximum absolute atomic E-state index is 11.6. The molecule has 16 heavy (non-hydrogen) atoms. The number of thioether (sulfide) groups is 1. The number of amides is 1. The maximum atomic E-state index is 11.6. The van der Waals surface area contributed by atoms with E-state index in [-0.39, 0.29) is 11.9 Å². The topological polar surface area (TPSA) is 20.3 Å². The van der Waals surface area contributed by atoms with E-state index >= 15 is 0 Å². The largest absolute Gasteiger partial charge is 0.289 e. The second-order valence-electron chi connectivity index (χ2n) is 4.16. The average molecular weight is 249 g/mol. The average Bonchev–Trinajstić information content (AvgIpc) is 2.71. The van der Waals surface area contributed by atoms with E-state index in [4.69, 9.17) is 12.2 Å². The summed E-state index contributed by atoms with van der Waals surface area (Å²) in [5, 5.41) is 0.425. The first-order valence-corrected chi connectivity index (χ1v) is 6.55. The summed E-state index contributed by atoms with van der Waals surface area (Å²) in [6, 6.07) is 8.53. The molecule has 3 rings (SSSR count). The lowest BCUT2D eigenvalue weighted by molar-refractivity contribution is -0.126. The Labute approximate surface area is 104 Å². The molecule has 4 heteroatoms. The number of hydrogen-bond donors (Lipinski definition) is 0. The lowest BCUT2D eigenvalue weighted by Gasteiger charge is -2.22. The van der Waals surface area contributed by atoms with Crippen molar-refractivity contribution in [2.45, 2.75) is 24.6 Å². The molecule has 2 aliphatic rings. The zero-order valence-electron chi connectivity index (χ0n) is 8.84. The molecular formula is C12H11NOS2. The number of thiocarbonyl (C=S) groups is 1. The van der Waals surface area contributed by atoms with Crippen molar-refractivity contribution >= 4 is 34.2 Å². The molecular weight excluding hydrogens is 238 g/mol. The van der Waals surface area contributed by atoms with Crippen LogP contribution in [-0.4, -0.2) is 20.4 Å². The van der Waals surface area contributed by atoms with Crippen LogP contribution >= 0.6 is 24.0 Å². The van der Waals surface area contributed by atoms with Crippen molar-refractivity contribution in [2.24, 2.45) is 0 Å². The van der Waals surface area contributed by atoms with Gasteiger partial charge in [-0.3, -0.25) is 9.69 Å². The minimum Gasteiger partial charge on any atom is -0.289 e. The van der Waals surface area contributed by atoms with E-state index in [0.29, 0.717) is 5.25 Å². The van der Waals surface area contributed by atoms with Crippen LogP contribution in [0.15, 0.2) is 24.3 Å². The Morgan fingerprint density at radius 2 is 2.25 bits per heavy atom. The Morgan fingerprint density at radius 1 is 1.50 bits per heavy atom. The molecule has 82 valence electrons. The third-order valence-corrected chi connectivity index (χ3v) is 4.82. The molecule has 2 unspecified atom stereocenters. The monoisotopic (exact) mass is 249 g/mol. The zero-order chi connectivity index (χ0) is 11.3. The zero-order valence-corrected chi connectivity index (χ0v) is 10.5. The summed E-state index contributed by atoms with van der Waals surface area (Å²) >= 11 is 6.93. The van der Waals surface area contributed by atoms with Crippen LogP contribution in [-0.2, 0) is 11.2 Å². The molecule has 1 aliphatic carbocycles. The number of carbonyl (C=O) groups excluding carboxylic acids is 1. The molecule has 2 atom stereocenters. The number of carbonyl (C=O) groups is 1. The second-order valence-corrected chi connectivity index (χ2v) is 6.03. The summed E-state index contributed by atoms with van der Waals surface area (Å²) < 4.78 is 0.733. The van der Waals surface area contributed by atoms with Crippen LogP contribution in [0, 0.1) is 0 Å². The predicted octanol–water partition coefficient (Wildman–Crippen LogP) is 2.53. The van der Waals surface area contributed by atoms with Crippen molar-refractivity contribution in [3.63, 3.8) is 0 Å². The fourth-order valence-corrected chi connectivity index (χ4v) is 4.46. The van der Waals surface area contributed by atoms with Crippen LogP contribution in [0.25, 0.3) is 0 Å². The van der Waals surface area contributed by atoms with Gasteiger partial charge in [0.15, 0.2) is 0 Å². The Kier molecular flexibility index (Phi) is 2.30. The number of rotatable bonds is 0. The van der Waals surface area contributed by atoms with Crippen molar-refractivity contribution in [3.8, 4) is 0 Å². The van der Waals surface area contributed by atoms with Crippen LogP contribution < -0.4 is 0 Å². The van der Waals surface area contributed by atoms with Gasteiger partial charge in [0.2, 0.25) is 5.91 Å². The highest BCUT2D eigenvalue weighted by molar-refractivity contribution is 8.23. The first kappa shape index (κ1) is 10.3. The number of hydrogen-bond acceptors (Lipinski definition) is 3. The van der Waals surface area contributed by atoms with Gasteiger partial charge in [0.05, 0.1) is 6.04 Å². The molecule has 2 nitrogen and oxygen atoms in total. The summed E-state index contributed by atoms with van der Waals surface area (Å²) in [4.78, 5) is 13.4. The minimum absolute atomic E-state index is 0.0571. The predicted molar refractivity (Wildman–Crippen MR) is 69.4 cm³/mol. The minimum atomic E-state index is 0.0571. The van der Waals surface area contributed by atoms with Crippen molar-refractivity contribution in [1.29, 1.82) is 0 Å². The van der Waals surface area contributed by atoms with Gasteiger partial charge in [0.1, 0.15) is 4.32 Å². The maximum Gasteiger partial charge on any atom is 0.225 e. The number of fused-ring (bicyclic) bond motifs is 3. The van der Waals surface area contributed by atoms with Crippen LogP contribution in [0.4, 0.5) is 0 Å². The molecule has 0 saturated carbocycles. The highest BCUT2D eigenvalue weighted by atomic mass is 32.2. The fourth-order valence-electron chi connectivity index (χ4n) is 2.57. The smallest absolute Gasteiger partial charge is 0.225 e. The quantitative estimate of drug-likeness (QED) is 0.659. The van der Waals surface area contributed by atoms with Crippen LogP contribution in [0.1, 0.15) is 24.1 Å². The lowest BCUT2D eigenvalue weighted by atomic mass is 10.1. The molecule has 0 bridgehead atoms. The van der Waals surface area contributed by atoms with E-state index in [0.717, 1.165) is 10.7 Å². The van der Waals surface area contributed by atoms with Crippen molar-refractivity contribution < 1.29 is 4.79 Å². The summed E-state index contributed by atoms with van der Waals surface area (Å²) in [7, 11) is 0. The van der Waals surface area contributed by atoms with Crippen LogP contribution in [0.5, 0.6) is 0 Å². The standard InChI is InChI=1S/C12H11NOS2/c1-7(14)13-11-9-5-3-2-4-8(9)6-10(11)16-12(13)15/h2-5,10-11H,6H2,1H3. The van der Waals surface area contributed by atoms with E-state index in [1.165, 1.54) is 11.1 Å². The van der Waals surface area contributed by atoms with Gasteiger partial charge >= 0.3 is 0 Å².